The Morgan fingerprint density at radius 2 is 2.12 bits per heavy atom. The highest BCUT2D eigenvalue weighted by Crippen LogP contribution is 2.45. The Labute approximate surface area is 97.0 Å². The van der Waals surface area contributed by atoms with Gasteiger partial charge in [-0.1, -0.05) is 32.0 Å². The van der Waals surface area contributed by atoms with E-state index in [1.54, 1.807) is 0 Å². The van der Waals surface area contributed by atoms with E-state index >= 15 is 0 Å². The summed E-state index contributed by atoms with van der Waals surface area (Å²) in [6, 6.07) is 9.10. The van der Waals surface area contributed by atoms with Crippen LogP contribution in [-0.4, -0.2) is 19.2 Å². The van der Waals surface area contributed by atoms with E-state index in [1.807, 2.05) is 6.07 Å². The first-order valence-corrected chi connectivity index (χ1v) is 6.12. The van der Waals surface area contributed by atoms with Crippen LogP contribution in [0.25, 0.3) is 0 Å². The van der Waals surface area contributed by atoms with Crippen LogP contribution in [0.3, 0.4) is 0 Å². The number of hydrogen-bond acceptors (Lipinski definition) is 2. The Hall–Kier alpha value is -1.02. The topological polar surface area (TPSA) is 21.3 Å². The molecule has 2 nitrogen and oxygen atoms in total. The second-order valence-corrected chi connectivity index (χ2v) is 5.70. The molecule has 1 fully saturated rings. The number of ether oxygens (including phenoxy) is 1. The van der Waals surface area contributed by atoms with Crippen LogP contribution in [0.15, 0.2) is 24.3 Å². The van der Waals surface area contributed by atoms with Crippen LogP contribution in [0, 0.1) is 5.41 Å². The summed E-state index contributed by atoms with van der Waals surface area (Å²) < 4.78 is 5.68. The molecule has 2 unspecified atom stereocenters. The van der Waals surface area contributed by atoms with Gasteiger partial charge in [0.2, 0.25) is 0 Å². The molecule has 1 aliphatic heterocycles. The minimum Gasteiger partial charge on any atom is -0.493 e. The molecule has 0 amide bonds. The highest BCUT2D eigenvalue weighted by Gasteiger charge is 2.45. The second-order valence-electron chi connectivity index (χ2n) is 5.70. The largest absolute Gasteiger partial charge is 0.493 e. The van der Waals surface area contributed by atoms with Crippen molar-refractivity contribution in [3.8, 4) is 5.75 Å². The summed E-state index contributed by atoms with van der Waals surface area (Å²) in [5.41, 5.74) is 1.88. The van der Waals surface area contributed by atoms with Crippen molar-refractivity contribution in [1.29, 1.82) is 0 Å². The molecule has 0 aromatic heterocycles. The molecule has 1 aromatic carbocycles. The zero-order valence-electron chi connectivity index (χ0n) is 9.99. The van der Waals surface area contributed by atoms with E-state index in [2.05, 4.69) is 37.4 Å². The quantitative estimate of drug-likeness (QED) is 0.840. The standard InChI is InChI=1S/C14H19NO/c1-14(2)7-13(14)15-8-10-9-16-12-6-4-3-5-11(10)12/h3-6,10,13,15H,7-9H2,1-2H3. The molecule has 1 N–H and O–H groups in total. The molecule has 2 heteroatoms. The van der Waals surface area contributed by atoms with Gasteiger partial charge in [-0.2, -0.15) is 0 Å². The van der Waals surface area contributed by atoms with Crippen LogP contribution in [0.2, 0.25) is 0 Å². The van der Waals surface area contributed by atoms with Crippen molar-refractivity contribution in [2.75, 3.05) is 13.2 Å². The molecular weight excluding hydrogens is 198 g/mol. The molecule has 16 heavy (non-hydrogen) atoms. The molecule has 0 bridgehead atoms. The second kappa shape index (κ2) is 3.49. The Morgan fingerprint density at radius 3 is 2.88 bits per heavy atom. The third-order valence-electron chi connectivity index (χ3n) is 3.92. The summed E-state index contributed by atoms with van der Waals surface area (Å²) in [4.78, 5) is 0. The highest BCUT2D eigenvalue weighted by molar-refractivity contribution is 5.39. The fraction of sp³-hybridized carbons (Fsp3) is 0.571. The molecule has 0 spiro atoms. The number of fused-ring (bicyclic) bond motifs is 1. The number of nitrogens with one attached hydrogen (secondary N) is 1. The van der Waals surface area contributed by atoms with Crippen LogP contribution in [0.5, 0.6) is 5.75 Å². The summed E-state index contributed by atoms with van der Waals surface area (Å²) in [6.07, 6.45) is 1.31. The van der Waals surface area contributed by atoms with Crippen LogP contribution >= 0.6 is 0 Å². The van der Waals surface area contributed by atoms with Gasteiger partial charge in [-0.3, -0.25) is 0 Å². The molecule has 1 aromatic rings. The summed E-state index contributed by atoms with van der Waals surface area (Å²) in [6.45, 7) is 6.53. The number of benzene rings is 1. The van der Waals surface area contributed by atoms with E-state index in [9.17, 15) is 0 Å². The predicted molar refractivity (Wildman–Crippen MR) is 64.9 cm³/mol. The molecule has 1 saturated carbocycles. The van der Waals surface area contributed by atoms with Crippen molar-refractivity contribution in [3.05, 3.63) is 29.8 Å². The van der Waals surface area contributed by atoms with Gasteiger partial charge < -0.3 is 10.1 Å². The van der Waals surface area contributed by atoms with Crippen molar-refractivity contribution in [2.24, 2.45) is 5.41 Å². The lowest BCUT2D eigenvalue weighted by Crippen LogP contribution is -2.26. The Bertz CT molecular complexity index is 399. The minimum atomic E-state index is 0.513. The molecule has 1 heterocycles. The predicted octanol–water partition coefficient (Wildman–Crippen LogP) is 2.55. The molecule has 2 atom stereocenters. The SMILES string of the molecule is CC1(C)CC1NCC1COc2ccccc21. The molecule has 0 saturated heterocycles. The zero-order chi connectivity index (χ0) is 11.2. The van der Waals surface area contributed by atoms with E-state index in [-0.39, 0.29) is 0 Å². The summed E-state index contributed by atoms with van der Waals surface area (Å²) in [5, 5.41) is 3.65. The summed E-state index contributed by atoms with van der Waals surface area (Å²) in [5.74, 6) is 1.61. The van der Waals surface area contributed by atoms with E-state index in [4.69, 9.17) is 4.74 Å². The van der Waals surface area contributed by atoms with E-state index in [1.165, 1.54) is 12.0 Å². The maximum absolute atomic E-state index is 5.68. The average molecular weight is 217 g/mol. The molecule has 1 aliphatic carbocycles. The van der Waals surface area contributed by atoms with Gasteiger partial charge in [0.15, 0.2) is 0 Å². The lowest BCUT2D eigenvalue weighted by molar-refractivity contribution is 0.324. The minimum absolute atomic E-state index is 0.513. The third kappa shape index (κ3) is 1.71. The van der Waals surface area contributed by atoms with Crippen LogP contribution in [0.1, 0.15) is 31.7 Å². The van der Waals surface area contributed by atoms with Crippen molar-refractivity contribution in [3.63, 3.8) is 0 Å². The van der Waals surface area contributed by atoms with Crippen LogP contribution < -0.4 is 10.1 Å². The maximum Gasteiger partial charge on any atom is 0.122 e. The summed E-state index contributed by atoms with van der Waals surface area (Å²) in [7, 11) is 0. The van der Waals surface area contributed by atoms with Crippen molar-refractivity contribution in [2.45, 2.75) is 32.2 Å². The number of hydrogen-bond donors (Lipinski definition) is 1. The molecule has 2 aliphatic rings. The van der Waals surface area contributed by atoms with Crippen LogP contribution in [-0.2, 0) is 0 Å². The summed E-state index contributed by atoms with van der Waals surface area (Å²) >= 11 is 0. The van der Waals surface area contributed by atoms with E-state index in [0.29, 0.717) is 17.4 Å². The van der Waals surface area contributed by atoms with E-state index in [0.717, 1.165) is 18.9 Å². The Morgan fingerprint density at radius 1 is 1.38 bits per heavy atom. The molecule has 86 valence electrons. The average Bonchev–Trinajstić information content (AvgIpc) is 2.73. The van der Waals surface area contributed by atoms with Gasteiger partial charge in [-0.05, 0) is 17.9 Å². The smallest absolute Gasteiger partial charge is 0.122 e. The molecule has 3 rings (SSSR count). The van der Waals surface area contributed by atoms with Crippen molar-refractivity contribution < 1.29 is 4.74 Å². The fourth-order valence-corrected chi connectivity index (χ4v) is 2.50. The number of rotatable bonds is 3. The van der Waals surface area contributed by atoms with Crippen LogP contribution in [0.4, 0.5) is 0 Å². The zero-order valence-corrected chi connectivity index (χ0v) is 9.99. The first-order valence-electron chi connectivity index (χ1n) is 6.12. The third-order valence-corrected chi connectivity index (χ3v) is 3.92. The lowest BCUT2D eigenvalue weighted by Gasteiger charge is -2.11. The fourth-order valence-electron chi connectivity index (χ4n) is 2.50. The van der Waals surface area contributed by atoms with Gasteiger partial charge in [0, 0.05) is 24.1 Å². The van der Waals surface area contributed by atoms with Gasteiger partial charge in [0.25, 0.3) is 0 Å². The first kappa shape index (κ1) is 10.2. The van der Waals surface area contributed by atoms with Gasteiger partial charge in [-0.25, -0.2) is 0 Å². The monoisotopic (exact) mass is 217 g/mol. The van der Waals surface area contributed by atoms with Crippen molar-refractivity contribution >= 4 is 0 Å². The molecular formula is C14H19NO. The Kier molecular flexibility index (Phi) is 2.21. The van der Waals surface area contributed by atoms with Gasteiger partial charge in [-0.15, -0.1) is 0 Å². The lowest BCUT2D eigenvalue weighted by atomic mass is 10.0. The van der Waals surface area contributed by atoms with Crippen molar-refractivity contribution in [1.82, 2.24) is 5.32 Å². The maximum atomic E-state index is 5.68. The number of para-hydroxylation sites is 1. The van der Waals surface area contributed by atoms with Gasteiger partial charge in [0.05, 0.1) is 6.61 Å². The van der Waals surface area contributed by atoms with E-state index < -0.39 is 0 Å². The van der Waals surface area contributed by atoms with Gasteiger partial charge >= 0.3 is 0 Å². The Balaban J connectivity index is 1.61. The first-order chi connectivity index (χ1) is 7.67. The molecule has 0 radical (unpaired) electrons. The normalized spacial score (nSPS) is 29.6. The van der Waals surface area contributed by atoms with Gasteiger partial charge in [0.1, 0.15) is 5.75 Å². The highest BCUT2D eigenvalue weighted by atomic mass is 16.5.